The fourth-order valence-electron chi connectivity index (χ4n) is 2.31. The lowest BCUT2D eigenvalue weighted by molar-refractivity contribution is 0.551. The fourth-order valence-corrected chi connectivity index (χ4v) is 5.32. The highest BCUT2D eigenvalue weighted by Gasteiger charge is 2.26. The van der Waals surface area contributed by atoms with Crippen LogP contribution in [-0.4, -0.2) is 14.5 Å². The van der Waals surface area contributed by atoms with E-state index < -0.39 is 10.0 Å². The summed E-state index contributed by atoms with van der Waals surface area (Å²) in [6.07, 6.45) is 4.11. The molecule has 0 saturated heterocycles. The Balaban J connectivity index is 2.27. The first-order valence-corrected chi connectivity index (χ1v) is 8.20. The van der Waals surface area contributed by atoms with Crippen molar-refractivity contribution in [2.45, 2.75) is 50.1 Å². The van der Waals surface area contributed by atoms with Crippen molar-refractivity contribution >= 4 is 21.4 Å². The molecule has 0 aromatic carbocycles. The molecule has 0 radical (unpaired) electrons. The minimum absolute atomic E-state index is 0.102. The predicted molar refractivity (Wildman–Crippen MR) is 69.5 cm³/mol. The smallest absolute Gasteiger partial charge is 0.242 e. The molecule has 4 nitrogen and oxygen atoms in total. The molecule has 0 atom stereocenters. The number of hydrogen-bond acceptors (Lipinski definition) is 4. The van der Waals surface area contributed by atoms with Gasteiger partial charge < -0.3 is 5.73 Å². The van der Waals surface area contributed by atoms with E-state index in [1.807, 2.05) is 12.3 Å². The van der Waals surface area contributed by atoms with Crippen LogP contribution in [0.4, 0.5) is 0 Å². The molecule has 1 aromatic heterocycles. The lowest BCUT2D eigenvalue weighted by Crippen LogP contribution is -2.33. The molecular formula is C11H18N2O2S2. The first kappa shape index (κ1) is 13.0. The van der Waals surface area contributed by atoms with Gasteiger partial charge in [0.25, 0.3) is 0 Å². The van der Waals surface area contributed by atoms with Crippen molar-refractivity contribution in [3.8, 4) is 0 Å². The molecule has 0 amide bonds. The Hall–Kier alpha value is -0.430. The first-order valence-electron chi connectivity index (χ1n) is 5.84. The summed E-state index contributed by atoms with van der Waals surface area (Å²) in [5, 5.41) is 1.85. The van der Waals surface area contributed by atoms with Crippen molar-refractivity contribution in [3.63, 3.8) is 0 Å². The van der Waals surface area contributed by atoms with E-state index in [1.54, 1.807) is 0 Å². The van der Waals surface area contributed by atoms with Crippen LogP contribution in [0.25, 0.3) is 0 Å². The van der Waals surface area contributed by atoms with Crippen LogP contribution < -0.4 is 10.5 Å². The van der Waals surface area contributed by atoms with Crippen LogP contribution in [0, 0.1) is 6.92 Å². The zero-order valence-corrected chi connectivity index (χ0v) is 11.5. The quantitative estimate of drug-likeness (QED) is 0.878. The molecule has 1 fully saturated rings. The van der Waals surface area contributed by atoms with Gasteiger partial charge in [-0.1, -0.05) is 12.8 Å². The minimum Gasteiger partial charge on any atom is -0.326 e. The molecule has 0 spiro atoms. The number of nitrogens with one attached hydrogen (secondary N) is 1. The molecule has 0 unspecified atom stereocenters. The second-order valence-corrected chi connectivity index (χ2v) is 7.09. The van der Waals surface area contributed by atoms with E-state index in [0.29, 0.717) is 4.90 Å². The van der Waals surface area contributed by atoms with Crippen LogP contribution >= 0.6 is 11.3 Å². The van der Waals surface area contributed by atoms with Crippen molar-refractivity contribution in [2.75, 3.05) is 0 Å². The minimum atomic E-state index is -3.39. The third-order valence-electron chi connectivity index (χ3n) is 3.12. The van der Waals surface area contributed by atoms with E-state index in [2.05, 4.69) is 4.72 Å². The topological polar surface area (TPSA) is 72.2 Å². The Kier molecular flexibility index (Phi) is 3.87. The van der Waals surface area contributed by atoms with Crippen molar-refractivity contribution in [1.29, 1.82) is 0 Å². The molecule has 2 rings (SSSR count). The molecule has 3 N–H and O–H groups in total. The third-order valence-corrected chi connectivity index (χ3v) is 6.13. The molecule has 1 saturated carbocycles. The van der Waals surface area contributed by atoms with Gasteiger partial charge in [0.05, 0.1) is 0 Å². The fraction of sp³-hybridized carbons (Fsp3) is 0.636. The lowest BCUT2D eigenvalue weighted by Gasteiger charge is -2.13. The highest BCUT2D eigenvalue weighted by molar-refractivity contribution is 7.89. The standard InChI is InChI=1S/C11H18N2O2S2/c1-8-7-16-10(6-12)11(8)17(14,15)13-9-4-2-3-5-9/h7,9,13H,2-6,12H2,1H3. The van der Waals surface area contributed by atoms with Gasteiger partial charge in [-0.05, 0) is 30.7 Å². The first-order chi connectivity index (χ1) is 8.04. The molecule has 1 aliphatic carbocycles. The van der Waals surface area contributed by atoms with E-state index in [-0.39, 0.29) is 12.6 Å². The maximum absolute atomic E-state index is 12.3. The van der Waals surface area contributed by atoms with Gasteiger partial charge in [0.2, 0.25) is 10.0 Å². The molecule has 1 heterocycles. The van der Waals surface area contributed by atoms with Gasteiger partial charge >= 0.3 is 0 Å². The Morgan fingerprint density at radius 1 is 1.47 bits per heavy atom. The summed E-state index contributed by atoms with van der Waals surface area (Å²) >= 11 is 1.42. The summed E-state index contributed by atoms with van der Waals surface area (Å²) < 4.78 is 27.4. The monoisotopic (exact) mass is 274 g/mol. The third kappa shape index (κ3) is 2.70. The number of nitrogens with two attached hydrogens (primary N) is 1. The van der Waals surface area contributed by atoms with Crippen molar-refractivity contribution in [3.05, 3.63) is 15.8 Å². The number of aryl methyl sites for hydroxylation is 1. The molecule has 1 aromatic rings. The van der Waals surface area contributed by atoms with Crippen molar-refractivity contribution in [1.82, 2.24) is 4.72 Å². The van der Waals surface area contributed by atoms with Crippen LogP contribution in [0.2, 0.25) is 0 Å². The second-order valence-electron chi connectivity index (χ2n) is 4.48. The van der Waals surface area contributed by atoms with Crippen LogP contribution in [0.5, 0.6) is 0 Å². The predicted octanol–water partition coefficient (Wildman–Crippen LogP) is 1.74. The number of thiophene rings is 1. The second kappa shape index (κ2) is 5.06. The highest BCUT2D eigenvalue weighted by atomic mass is 32.2. The van der Waals surface area contributed by atoms with Gasteiger partial charge in [0.15, 0.2) is 0 Å². The zero-order valence-electron chi connectivity index (χ0n) is 9.90. The summed E-state index contributed by atoms with van der Waals surface area (Å²) in [6.45, 7) is 2.10. The maximum atomic E-state index is 12.3. The van der Waals surface area contributed by atoms with Crippen LogP contribution in [0.15, 0.2) is 10.3 Å². The van der Waals surface area contributed by atoms with Crippen molar-refractivity contribution in [2.24, 2.45) is 5.73 Å². The van der Waals surface area contributed by atoms with Crippen LogP contribution in [0.1, 0.15) is 36.1 Å². The molecule has 0 bridgehead atoms. The Morgan fingerprint density at radius 2 is 2.12 bits per heavy atom. The molecular weight excluding hydrogens is 256 g/mol. The average molecular weight is 274 g/mol. The largest absolute Gasteiger partial charge is 0.326 e. The van der Waals surface area contributed by atoms with E-state index in [9.17, 15) is 8.42 Å². The normalized spacial score (nSPS) is 17.8. The zero-order chi connectivity index (χ0) is 12.5. The summed E-state index contributed by atoms with van der Waals surface area (Å²) in [5.41, 5.74) is 6.38. The van der Waals surface area contributed by atoms with Gasteiger partial charge in [-0.2, -0.15) is 0 Å². The SMILES string of the molecule is Cc1csc(CN)c1S(=O)(=O)NC1CCCC1. The van der Waals surface area contributed by atoms with Crippen molar-refractivity contribution < 1.29 is 8.42 Å². The Labute approximate surface area is 106 Å². The number of hydrogen-bond donors (Lipinski definition) is 2. The van der Waals surface area contributed by atoms with E-state index >= 15 is 0 Å². The van der Waals surface area contributed by atoms with Gasteiger partial charge in [0.1, 0.15) is 4.90 Å². The highest BCUT2D eigenvalue weighted by Crippen LogP contribution is 2.28. The molecule has 6 heteroatoms. The van der Waals surface area contributed by atoms with Gasteiger partial charge in [-0.15, -0.1) is 11.3 Å². The van der Waals surface area contributed by atoms with Gasteiger partial charge in [0, 0.05) is 17.5 Å². The molecule has 1 aliphatic rings. The molecule has 96 valence electrons. The van der Waals surface area contributed by atoms with E-state index in [0.717, 1.165) is 36.1 Å². The summed E-state index contributed by atoms with van der Waals surface area (Å²) in [5.74, 6) is 0. The van der Waals surface area contributed by atoms with Gasteiger partial charge in [-0.3, -0.25) is 0 Å². The average Bonchev–Trinajstić information content (AvgIpc) is 2.86. The number of rotatable bonds is 4. The Morgan fingerprint density at radius 3 is 2.71 bits per heavy atom. The van der Waals surface area contributed by atoms with Crippen LogP contribution in [0.3, 0.4) is 0 Å². The maximum Gasteiger partial charge on any atom is 0.242 e. The lowest BCUT2D eigenvalue weighted by atomic mass is 10.3. The summed E-state index contributed by atoms with van der Waals surface area (Å²) in [6, 6.07) is 0.102. The molecule has 0 aliphatic heterocycles. The van der Waals surface area contributed by atoms with Crippen LogP contribution in [-0.2, 0) is 16.6 Å². The summed E-state index contributed by atoms with van der Waals surface area (Å²) in [4.78, 5) is 1.14. The molecule has 17 heavy (non-hydrogen) atoms. The number of sulfonamides is 1. The summed E-state index contributed by atoms with van der Waals surface area (Å²) in [7, 11) is -3.39. The Bertz CT molecular complexity index is 488. The van der Waals surface area contributed by atoms with Gasteiger partial charge in [-0.25, -0.2) is 13.1 Å². The van der Waals surface area contributed by atoms with E-state index in [4.69, 9.17) is 5.73 Å². The van der Waals surface area contributed by atoms with E-state index in [1.165, 1.54) is 11.3 Å².